The highest BCUT2D eigenvalue weighted by Gasteiger charge is 2.25. The lowest BCUT2D eigenvalue weighted by molar-refractivity contribution is -0.136. The van der Waals surface area contributed by atoms with Gasteiger partial charge in [0, 0.05) is 25.0 Å². The summed E-state index contributed by atoms with van der Waals surface area (Å²) in [6, 6.07) is 0.430. The molecule has 0 aliphatic carbocycles. The Hall–Kier alpha value is -0.280. The number of likely N-dealkylation sites (tertiary alicyclic amines) is 1. The number of nitrogens with one attached hydrogen (secondary N) is 1. The third-order valence-electron chi connectivity index (χ3n) is 3.27. The Morgan fingerprint density at radius 3 is 2.75 bits per heavy atom. The van der Waals surface area contributed by atoms with Gasteiger partial charge in [0.25, 0.3) is 0 Å². The van der Waals surface area contributed by atoms with E-state index in [-0.39, 0.29) is 18.3 Å². The van der Waals surface area contributed by atoms with Gasteiger partial charge in [0.2, 0.25) is 5.91 Å². The molecule has 0 bridgehead atoms. The van der Waals surface area contributed by atoms with E-state index in [2.05, 4.69) is 17.1 Å². The van der Waals surface area contributed by atoms with Crippen LogP contribution in [0.15, 0.2) is 0 Å². The Kier molecular flexibility index (Phi) is 7.77. The molecular formula is C12H25ClN2O. The molecule has 0 aromatic carbocycles. The molecule has 2 atom stereocenters. The van der Waals surface area contributed by atoms with Crippen molar-refractivity contribution in [1.82, 2.24) is 10.2 Å². The number of hydrogen-bond donors (Lipinski definition) is 1. The van der Waals surface area contributed by atoms with Gasteiger partial charge >= 0.3 is 0 Å². The molecule has 16 heavy (non-hydrogen) atoms. The van der Waals surface area contributed by atoms with Crippen LogP contribution in [0.1, 0.15) is 39.5 Å². The van der Waals surface area contributed by atoms with Crippen molar-refractivity contribution in [3.8, 4) is 0 Å². The van der Waals surface area contributed by atoms with Crippen molar-refractivity contribution in [2.45, 2.75) is 45.6 Å². The van der Waals surface area contributed by atoms with Crippen molar-refractivity contribution in [3.05, 3.63) is 0 Å². The summed E-state index contributed by atoms with van der Waals surface area (Å²) in [5.74, 6) is 0.425. The van der Waals surface area contributed by atoms with Gasteiger partial charge in [-0.2, -0.15) is 0 Å². The van der Waals surface area contributed by atoms with Crippen LogP contribution in [0, 0.1) is 5.92 Å². The molecule has 1 fully saturated rings. The molecule has 0 radical (unpaired) electrons. The summed E-state index contributed by atoms with van der Waals surface area (Å²) in [6.45, 7) is 5.92. The van der Waals surface area contributed by atoms with Gasteiger partial charge in [-0.3, -0.25) is 4.79 Å². The van der Waals surface area contributed by atoms with E-state index in [9.17, 15) is 4.79 Å². The lowest BCUT2D eigenvalue weighted by atomic mass is 10.1. The Morgan fingerprint density at radius 1 is 1.44 bits per heavy atom. The van der Waals surface area contributed by atoms with Crippen LogP contribution in [0.2, 0.25) is 0 Å². The third kappa shape index (κ3) is 4.30. The molecule has 0 aromatic heterocycles. The molecule has 1 N–H and O–H groups in total. The highest BCUT2D eigenvalue weighted by molar-refractivity contribution is 5.85. The average molecular weight is 249 g/mol. The van der Waals surface area contributed by atoms with Gasteiger partial charge in [0.15, 0.2) is 0 Å². The number of carbonyl (C=O) groups is 1. The first-order valence-electron chi connectivity index (χ1n) is 6.12. The predicted molar refractivity (Wildman–Crippen MR) is 70.0 cm³/mol. The molecule has 1 amide bonds. The third-order valence-corrected chi connectivity index (χ3v) is 3.27. The first-order valence-corrected chi connectivity index (χ1v) is 6.12. The zero-order chi connectivity index (χ0) is 11.3. The van der Waals surface area contributed by atoms with E-state index in [0.29, 0.717) is 11.9 Å². The largest absolute Gasteiger partial charge is 0.340 e. The van der Waals surface area contributed by atoms with Gasteiger partial charge < -0.3 is 10.2 Å². The minimum absolute atomic E-state index is 0. The van der Waals surface area contributed by atoms with Crippen molar-refractivity contribution in [3.63, 3.8) is 0 Å². The number of amides is 1. The van der Waals surface area contributed by atoms with Crippen LogP contribution >= 0.6 is 12.4 Å². The van der Waals surface area contributed by atoms with Gasteiger partial charge in [0.1, 0.15) is 0 Å². The maximum atomic E-state index is 12.1. The topological polar surface area (TPSA) is 32.3 Å². The zero-order valence-electron chi connectivity index (χ0n) is 10.7. The van der Waals surface area contributed by atoms with Crippen LogP contribution in [0.5, 0.6) is 0 Å². The summed E-state index contributed by atoms with van der Waals surface area (Å²) < 4.78 is 0. The van der Waals surface area contributed by atoms with Crippen LogP contribution in [0.25, 0.3) is 0 Å². The van der Waals surface area contributed by atoms with Crippen molar-refractivity contribution in [2.75, 3.05) is 20.1 Å². The molecule has 4 heteroatoms. The molecule has 1 saturated heterocycles. The summed E-state index contributed by atoms with van der Waals surface area (Å²) in [7, 11) is 1.90. The molecule has 0 saturated carbocycles. The van der Waals surface area contributed by atoms with Gasteiger partial charge in [-0.05, 0) is 26.8 Å². The number of carbonyl (C=O) groups excluding carboxylic acids is 1. The van der Waals surface area contributed by atoms with E-state index in [1.54, 1.807) is 0 Å². The van der Waals surface area contributed by atoms with Gasteiger partial charge in [-0.25, -0.2) is 0 Å². The van der Waals surface area contributed by atoms with Crippen molar-refractivity contribution >= 4 is 18.3 Å². The van der Waals surface area contributed by atoms with Crippen LogP contribution in [0.4, 0.5) is 0 Å². The van der Waals surface area contributed by atoms with Gasteiger partial charge in [-0.1, -0.05) is 19.8 Å². The maximum Gasteiger partial charge on any atom is 0.226 e. The second-order valence-corrected chi connectivity index (χ2v) is 4.69. The summed E-state index contributed by atoms with van der Waals surface area (Å²) in [5.41, 5.74) is 0. The molecule has 1 heterocycles. The van der Waals surface area contributed by atoms with Crippen molar-refractivity contribution in [2.24, 2.45) is 5.92 Å². The maximum absolute atomic E-state index is 12.1. The predicted octanol–water partition coefficient (Wildman–Crippen LogP) is 2.05. The van der Waals surface area contributed by atoms with Crippen molar-refractivity contribution in [1.29, 1.82) is 0 Å². The SMILES string of the molecule is CNCC(C)C(=O)N1CCCCCC1C.Cl. The number of hydrogen-bond acceptors (Lipinski definition) is 2. The molecule has 0 aromatic rings. The minimum atomic E-state index is 0. The molecular weight excluding hydrogens is 224 g/mol. The number of rotatable bonds is 3. The zero-order valence-corrected chi connectivity index (χ0v) is 11.5. The normalized spacial score (nSPS) is 23.2. The van der Waals surface area contributed by atoms with Crippen LogP contribution in [0.3, 0.4) is 0 Å². The molecule has 3 nitrogen and oxygen atoms in total. The minimum Gasteiger partial charge on any atom is -0.340 e. The lowest BCUT2D eigenvalue weighted by Gasteiger charge is -2.29. The second-order valence-electron chi connectivity index (χ2n) is 4.69. The summed E-state index contributed by atoms with van der Waals surface area (Å²) in [4.78, 5) is 14.2. The molecule has 1 rings (SSSR count). The van der Waals surface area contributed by atoms with Crippen molar-refractivity contribution < 1.29 is 4.79 Å². The highest BCUT2D eigenvalue weighted by atomic mass is 35.5. The number of halogens is 1. The first-order chi connectivity index (χ1) is 7.16. The molecule has 96 valence electrons. The lowest BCUT2D eigenvalue weighted by Crippen LogP contribution is -2.43. The average Bonchev–Trinajstić information content (AvgIpc) is 2.42. The monoisotopic (exact) mass is 248 g/mol. The van der Waals surface area contributed by atoms with E-state index in [1.807, 2.05) is 14.0 Å². The smallest absolute Gasteiger partial charge is 0.226 e. The Morgan fingerprint density at radius 2 is 2.12 bits per heavy atom. The highest BCUT2D eigenvalue weighted by Crippen LogP contribution is 2.18. The summed E-state index contributed by atoms with van der Waals surface area (Å²) >= 11 is 0. The van der Waals surface area contributed by atoms with E-state index >= 15 is 0 Å². The fraction of sp³-hybridized carbons (Fsp3) is 0.917. The fourth-order valence-electron chi connectivity index (χ4n) is 2.28. The summed E-state index contributed by atoms with van der Waals surface area (Å²) in [5, 5.41) is 3.07. The molecule has 1 aliphatic heterocycles. The molecule has 1 aliphatic rings. The quantitative estimate of drug-likeness (QED) is 0.829. The van der Waals surface area contributed by atoms with Crippen LogP contribution < -0.4 is 5.32 Å². The van der Waals surface area contributed by atoms with Crippen LogP contribution in [-0.2, 0) is 4.79 Å². The second kappa shape index (κ2) is 7.91. The Bertz CT molecular complexity index is 211. The van der Waals surface area contributed by atoms with Crippen LogP contribution in [-0.4, -0.2) is 37.0 Å². The van der Waals surface area contributed by atoms with E-state index in [0.717, 1.165) is 19.5 Å². The van der Waals surface area contributed by atoms with Gasteiger partial charge in [-0.15, -0.1) is 12.4 Å². The fourth-order valence-corrected chi connectivity index (χ4v) is 2.28. The van der Waals surface area contributed by atoms with E-state index in [4.69, 9.17) is 0 Å². The standard InChI is InChI=1S/C12H24N2O.ClH/c1-10(9-13-3)12(15)14-8-6-4-5-7-11(14)2;/h10-11,13H,4-9H2,1-3H3;1H. The first kappa shape index (κ1) is 15.7. The van der Waals surface area contributed by atoms with Gasteiger partial charge in [0.05, 0.1) is 0 Å². The Labute approximate surface area is 105 Å². The Balaban J connectivity index is 0.00000225. The van der Waals surface area contributed by atoms with E-state index in [1.165, 1.54) is 19.3 Å². The van der Waals surface area contributed by atoms with E-state index < -0.39 is 0 Å². The summed E-state index contributed by atoms with van der Waals surface area (Å²) in [6.07, 6.45) is 4.88. The molecule has 0 spiro atoms. The molecule has 2 unspecified atom stereocenters. The number of nitrogens with zero attached hydrogens (tertiary/aromatic N) is 1.